The van der Waals surface area contributed by atoms with Gasteiger partial charge in [-0.2, -0.15) is 5.10 Å². The molecule has 4 heterocycles. The SMILES string of the molecule is CO[C@H]1/C=C/O[C@@]2(C)Oc3c(C)c(O)c4c(O)c(c(C=NN5CCN(N)CC5)c(O)c4c3C2=O)NC(=O)/C(C)=C\C=C\[C@H](C)[C@H](O)[C@@H](C)[C@@H](O)[C@H](C)[C@H](OC(C)=O)[C@H]1C. The number of Topliss-reactive ketones (excluding diaryl/α,β-unsaturated/α-hetero) is 1. The van der Waals surface area contributed by atoms with Crippen LogP contribution in [0.1, 0.15) is 70.0 Å². The Kier molecular flexibility index (Phi) is 13.7. The number of hydrogen-bond acceptors (Lipinski definition) is 16. The van der Waals surface area contributed by atoms with Crippen LogP contribution in [-0.4, -0.2) is 123 Å². The third-order valence-corrected chi connectivity index (χ3v) is 11.7. The van der Waals surface area contributed by atoms with Gasteiger partial charge in [0, 0.05) is 74.2 Å². The predicted molar refractivity (Wildman–Crippen MR) is 219 cm³/mol. The number of aliphatic hydroxyl groups excluding tert-OH is 2. The number of hydrazone groups is 1. The molecule has 0 spiro atoms. The van der Waals surface area contributed by atoms with Crippen LogP contribution in [0.3, 0.4) is 0 Å². The number of aromatic hydroxyl groups is 3. The largest absolute Gasteiger partial charge is 0.507 e. The van der Waals surface area contributed by atoms with E-state index in [0.717, 1.165) is 0 Å². The number of allylic oxidation sites excluding steroid dienone is 2. The first-order chi connectivity index (χ1) is 27.7. The van der Waals surface area contributed by atoms with Gasteiger partial charge < -0.3 is 49.8 Å². The van der Waals surface area contributed by atoms with Crippen LogP contribution in [-0.2, 0) is 23.8 Å². The summed E-state index contributed by atoms with van der Waals surface area (Å²) in [5.74, 6) is -2.57. The summed E-state index contributed by atoms with van der Waals surface area (Å²) in [7, 11) is 1.43. The Morgan fingerprint density at radius 2 is 1.63 bits per heavy atom. The zero-order valence-electron chi connectivity index (χ0n) is 34.9. The van der Waals surface area contributed by atoms with Gasteiger partial charge in [0.25, 0.3) is 11.7 Å². The predicted octanol–water partition coefficient (Wildman–Crippen LogP) is 3.58. The van der Waals surface area contributed by atoms with Crippen molar-refractivity contribution in [3.8, 4) is 23.0 Å². The second-order valence-corrected chi connectivity index (χ2v) is 15.9. The third-order valence-electron chi connectivity index (χ3n) is 11.7. The van der Waals surface area contributed by atoms with Crippen molar-refractivity contribution >= 4 is 40.3 Å². The van der Waals surface area contributed by atoms with Gasteiger partial charge in [-0.1, -0.05) is 45.9 Å². The van der Waals surface area contributed by atoms with Gasteiger partial charge in [-0.3, -0.25) is 25.2 Å². The van der Waals surface area contributed by atoms with Gasteiger partial charge >= 0.3 is 11.8 Å². The first-order valence-electron chi connectivity index (χ1n) is 19.6. The highest BCUT2D eigenvalue weighted by Gasteiger charge is 2.50. The number of carbonyl (C=O) groups excluding carboxylic acids is 3. The molecular formula is C42H57N5O12. The van der Waals surface area contributed by atoms with Crippen molar-refractivity contribution in [2.45, 2.75) is 85.6 Å². The lowest BCUT2D eigenvalue weighted by atomic mass is 9.78. The van der Waals surface area contributed by atoms with E-state index in [-0.39, 0.29) is 44.5 Å². The molecule has 2 aromatic rings. The summed E-state index contributed by atoms with van der Waals surface area (Å²) in [6, 6.07) is 0. The molecule has 17 heteroatoms. The summed E-state index contributed by atoms with van der Waals surface area (Å²) >= 11 is 0. The van der Waals surface area contributed by atoms with E-state index in [1.165, 1.54) is 59.4 Å². The van der Waals surface area contributed by atoms with Crippen molar-refractivity contribution in [2.75, 3.05) is 38.6 Å². The van der Waals surface area contributed by atoms with Gasteiger partial charge in [-0.15, -0.1) is 0 Å². The van der Waals surface area contributed by atoms with E-state index in [4.69, 9.17) is 24.8 Å². The number of rotatable bonds is 4. The molecule has 17 nitrogen and oxygen atoms in total. The summed E-state index contributed by atoms with van der Waals surface area (Å²) in [5.41, 5.74) is -0.448. The summed E-state index contributed by atoms with van der Waals surface area (Å²) in [6.07, 6.45) is 4.75. The number of amides is 1. The Hall–Kier alpha value is -5.20. The molecule has 4 aliphatic heterocycles. The average Bonchev–Trinajstić information content (AvgIpc) is 3.46. The molecule has 1 saturated heterocycles. The number of nitrogens with two attached hydrogens (primary N) is 1. The number of nitrogens with one attached hydrogen (secondary N) is 1. The summed E-state index contributed by atoms with van der Waals surface area (Å²) in [5, 5.41) is 68.2. The van der Waals surface area contributed by atoms with E-state index in [0.29, 0.717) is 26.2 Å². The maximum Gasteiger partial charge on any atom is 0.312 e. The summed E-state index contributed by atoms with van der Waals surface area (Å²) in [6.45, 7) is 14.3. The number of hydrogen-bond donors (Lipinski definition) is 7. The normalized spacial score (nSPS) is 32.1. The topological polar surface area (TPSA) is 246 Å². The first-order valence-corrected chi connectivity index (χ1v) is 19.6. The number of benzene rings is 2. The molecule has 2 aromatic carbocycles. The molecule has 59 heavy (non-hydrogen) atoms. The van der Waals surface area contributed by atoms with Crippen LogP contribution in [0.2, 0.25) is 0 Å². The van der Waals surface area contributed by atoms with Crippen LogP contribution in [0.4, 0.5) is 5.69 Å². The van der Waals surface area contributed by atoms with Gasteiger partial charge in [0.05, 0.1) is 66.1 Å². The highest BCUT2D eigenvalue weighted by Crippen LogP contribution is 2.55. The van der Waals surface area contributed by atoms with E-state index >= 15 is 0 Å². The molecule has 0 aliphatic carbocycles. The van der Waals surface area contributed by atoms with Crippen LogP contribution < -0.4 is 15.9 Å². The number of fused-ring (bicyclic) bond motifs is 14. The number of hydrazine groups is 1. The number of piperazine rings is 1. The molecule has 4 aliphatic rings. The minimum atomic E-state index is -2.05. The third kappa shape index (κ3) is 8.89. The van der Waals surface area contributed by atoms with Crippen molar-refractivity contribution in [2.24, 2.45) is 34.6 Å². The molecular weight excluding hydrogens is 766 g/mol. The number of aliphatic hydroxyl groups is 2. The second-order valence-electron chi connectivity index (χ2n) is 15.9. The molecule has 5 bridgehead atoms. The van der Waals surface area contributed by atoms with Crippen LogP contribution in [0.15, 0.2) is 41.2 Å². The van der Waals surface area contributed by atoms with Crippen LogP contribution >= 0.6 is 0 Å². The Labute approximate surface area is 343 Å². The zero-order chi connectivity index (χ0) is 43.7. The maximum absolute atomic E-state index is 14.4. The van der Waals surface area contributed by atoms with Crippen molar-refractivity contribution < 1.29 is 58.9 Å². The number of carbonyl (C=O) groups is 3. The summed E-state index contributed by atoms with van der Waals surface area (Å²) in [4.78, 5) is 40.5. The quantitative estimate of drug-likeness (QED) is 0.0766. The van der Waals surface area contributed by atoms with Gasteiger partial charge in [0.1, 0.15) is 23.4 Å². The maximum atomic E-state index is 14.4. The molecule has 0 radical (unpaired) electrons. The molecule has 6 rings (SSSR count). The molecule has 0 unspecified atom stereocenters. The van der Waals surface area contributed by atoms with Crippen molar-refractivity contribution in [3.63, 3.8) is 0 Å². The van der Waals surface area contributed by atoms with Crippen LogP contribution in [0, 0.1) is 30.6 Å². The molecule has 0 saturated carbocycles. The number of anilines is 1. The number of nitrogens with zero attached hydrogens (tertiary/aromatic N) is 3. The van der Waals surface area contributed by atoms with Crippen molar-refractivity contribution in [3.05, 3.63) is 52.8 Å². The number of phenols is 3. The lowest BCUT2D eigenvalue weighted by molar-refractivity contribution is -0.160. The van der Waals surface area contributed by atoms with Crippen molar-refractivity contribution in [1.82, 2.24) is 10.0 Å². The molecule has 0 aromatic heterocycles. The van der Waals surface area contributed by atoms with E-state index in [1.807, 2.05) is 0 Å². The number of phenolic OH excluding ortho intramolecular Hbond substituents is 3. The fourth-order valence-electron chi connectivity index (χ4n) is 7.84. The summed E-state index contributed by atoms with van der Waals surface area (Å²) < 4.78 is 23.6. The average molecular weight is 824 g/mol. The van der Waals surface area contributed by atoms with E-state index < -0.39 is 88.8 Å². The van der Waals surface area contributed by atoms with E-state index in [9.17, 15) is 39.9 Å². The second kappa shape index (κ2) is 18.0. The molecule has 1 fully saturated rings. The number of ketones is 1. The lowest BCUT2D eigenvalue weighted by Crippen LogP contribution is -2.47. The monoisotopic (exact) mass is 823 g/mol. The molecule has 8 N–H and O–H groups in total. The Bertz CT molecular complexity index is 2080. The van der Waals surface area contributed by atoms with Gasteiger partial charge in [0.2, 0.25) is 0 Å². The highest BCUT2D eigenvalue weighted by atomic mass is 16.7. The Balaban J connectivity index is 1.70. The van der Waals surface area contributed by atoms with E-state index in [2.05, 4.69) is 10.4 Å². The fourth-order valence-corrected chi connectivity index (χ4v) is 7.84. The standard InChI is InChI=1S/C42H57N5O12/c1-20-11-10-12-21(2)41(55)45-32-27(19-44-47-16-14-46(43)15-17-47)36(52)29-30(37(32)53)35(51)25(6)39-31(29)40(54)42(8,59-39)57-18-13-28(56-9)22(3)38(58-26(7)48)24(5)34(50)23(4)33(20)49/h10-13,18-20,22-24,28,33-34,38,49-53H,14-17,43H2,1-9H3,(H,45,55)/b11-10+,18-13+,21-12-,44-19?/t20-,22-,23+,24-,28-,33-,34+,38+,42-/m0/s1. The van der Waals surface area contributed by atoms with Crippen molar-refractivity contribution in [1.29, 1.82) is 0 Å². The van der Waals surface area contributed by atoms with Gasteiger partial charge in [0.15, 0.2) is 5.75 Å². The number of esters is 1. The fraction of sp³-hybridized carbons (Fsp3) is 0.524. The Morgan fingerprint density at radius 1 is 0.966 bits per heavy atom. The number of ether oxygens (including phenoxy) is 4. The molecule has 322 valence electrons. The Morgan fingerprint density at radius 3 is 2.25 bits per heavy atom. The van der Waals surface area contributed by atoms with Gasteiger partial charge in [-0.05, 0) is 19.9 Å². The smallest absolute Gasteiger partial charge is 0.312 e. The van der Waals surface area contributed by atoms with E-state index in [1.54, 1.807) is 49.9 Å². The van der Waals surface area contributed by atoms with Crippen LogP contribution in [0.5, 0.6) is 23.0 Å². The molecule has 9 atom stereocenters. The first kappa shape index (κ1) is 44.9. The minimum Gasteiger partial charge on any atom is -0.507 e. The highest BCUT2D eigenvalue weighted by molar-refractivity contribution is 6.23. The number of methoxy groups -OCH3 is 1. The van der Waals surface area contributed by atoms with Gasteiger partial charge in [-0.25, -0.2) is 5.01 Å². The van der Waals surface area contributed by atoms with Crippen LogP contribution in [0.25, 0.3) is 10.8 Å². The lowest BCUT2D eigenvalue weighted by Gasteiger charge is -2.38. The zero-order valence-corrected chi connectivity index (χ0v) is 34.9. The molecule has 1 amide bonds. The minimum absolute atomic E-state index is 0.0441.